The van der Waals surface area contributed by atoms with Crippen LogP contribution in [0.5, 0.6) is 0 Å². The Labute approximate surface area is 205 Å². The molecule has 0 saturated heterocycles. The smallest absolute Gasteiger partial charge is 0.340 e. The van der Waals surface area contributed by atoms with E-state index in [4.69, 9.17) is 14.3 Å². The summed E-state index contributed by atoms with van der Waals surface area (Å²) in [6.45, 7) is 1.16. The van der Waals surface area contributed by atoms with Gasteiger partial charge >= 0.3 is 15.2 Å². The molecule has 0 saturated carbocycles. The molecule has 0 aliphatic heterocycles. The second-order valence-corrected chi connectivity index (χ2v) is 11.8. The molecule has 3 rings (SSSR count). The molecule has 0 aliphatic rings. The van der Waals surface area contributed by atoms with Crippen molar-refractivity contribution in [3.05, 3.63) is 60.2 Å². The van der Waals surface area contributed by atoms with Gasteiger partial charge in [0.25, 0.3) is 0 Å². The number of imidazole rings is 1. The SMILES string of the molecule is C/C=C(/COP(=O)(O)CP(=O)(O)O)[C@@H](O)[C@@H](O)[C@@H](O)n1cnc2c(NCc3ccccc3)ncnc21. The van der Waals surface area contributed by atoms with Gasteiger partial charge in [0.1, 0.15) is 18.5 Å². The number of nitrogens with zero attached hydrogens (tertiary/aromatic N) is 4. The lowest BCUT2D eigenvalue weighted by atomic mass is 10.0. The minimum absolute atomic E-state index is 0.106. The summed E-state index contributed by atoms with van der Waals surface area (Å²) >= 11 is 0. The molecule has 0 spiro atoms. The molecule has 14 nitrogen and oxygen atoms in total. The van der Waals surface area contributed by atoms with Gasteiger partial charge in [-0.05, 0) is 18.1 Å². The quantitative estimate of drug-likeness (QED) is 0.125. The van der Waals surface area contributed by atoms with E-state index in [1.54, 1.807) is 0 Å². The van der Waals surface area contributed by atoms with Crippen LogP contribution in [0.2, 0.25) is 0 Å². The summed E-state index contributed by atoms with van der Waals surface area (Å²) in [7, 11) is -9.52. The van der Waals surface area contributed by atoms with Gasteiger partial charge < -0.3 is 39.8 Å². The van der Waals surface area contributed by atoms with E-state index in [2.05, 4.69) is 20.3 Å². The fourth-order valence-electron chi connectivity index (χ4n) is 3.29. The third-order valence-corrected chi connectivity index (χ3v) is 8.56. The number of aliphatic hydroxyl groups excluding tert-OH is 3. The molecule has 7 N–H and O–H groups in total. The van der Waals surface area contributed by atoms with E-state index in [1.165, 1.54) is 25.7 Å². The van der Waals surface area contributed by atoms with Gasteiger partial charge in [0.05, 0.1) is 12.9 Å². The number of hydrogen-bond donors (Lipinski definition) is 7. The van der Waals surface area contributed by atoms with Crippen molar-refractivity contribution in [3.63, 3.8) is 0 Å². The van der Waals surface area contributed by atoms with Crippen LogP contribution in [0.3, 0.4) is 0 Å². The van der Waals surface area contributed by atoms with Crippen molar-refractivity contribution in [2.45, 2.75) is 31.9 Å². The van der Waals surface area contributed by atoms with Crippen LogP contribution in [0.25, 0.3) is 11.2 Å². The minimum atomic E-state index is -4.83. The Morgan fingerprint density at radius 1 is 1.11 bits per heavy atom. The highest BCUT2D eigenvalue weighted by molar-refractivity contribution is 7.70. The van der Waals surface area contributed by atoms with Crippen molar-refractivity contribution in [2.24, 2.45) is 0 Å². The zero-order valence-electron chi connectivity index (χ0n) is 19.1. The first-order chi connectivity index (χ1) is 16.9. The number of benzene rings is 1. The summed E-state index contributed by atoms with van der Waals surface area (Å²) in [6, 6.07) is 9.54. The maximum Gasteiger partial charge on any atom is 0.340 e. The number of hydrogen-bond acceptors (Lipinski definition) is 10. The molecule has 0 bridgehead atoms. The number of allylic oxidation sites excluding steroid dienone is 1. The third-order valence-electron chi connectivity index (χ3n) is 5.12. The normalized spacial score (nSPS) is 16.9. The lowest BCUT2D eigenvalue weighted by Gasteiger charge is -2.26. The predicted molar refractivity (Wildman–Crippen MR) is 129 cm³/mol. The summed E-state index contributed by atoms with van der Waals surface area (Å²) in [4.78, 5) is 39.9. The maximum atomic E-state index is 11.9. The molecule has 2 heterocycles. The molecule has 2 aromatic heterocycles. The zero-order chi connectivity index (χ0) is 26.5. The molecule has 0 amide bonds. The van der Waals surface area contributed by atoms with Gasteiger partial charge in [0, 0.05) is 6.54 Å². The Morgan fingerprint density at radius 3 is 2.44 bits per heavy atom. The first kappa shape index (κ1) is 28.1. The van der Waals surface area contributed by atoms with Gasteiger partial charge in [-0.15, -0.1) is 0 Å². The molecule has 3 aromatic rings. The molecular formula is C20H27N5O9P2. The first-order valence-corrected chi connectivity index (χ1v) is 14.1. The zero-order valence-corrected chi connectivity index (χ0v) is 20.9. The van der Waals surface area contributed by atoms with Gasteiger partial charge in [-0.1, -0.05) is 36.4 Å². The van der Waals surface area contributed by atoms with E-state index in [9.17, 15) is 29.3 Å². The van der Waals surface area contributed by atoms with E-state index in [0.717, 1.165) is 10.1 Å². The Hall–Kier alpha value is -2.51. The van der Waals surface area contributed by atoms with E-state index in [-0.39, 0.29) is 11.2 Å². The van der Waals surface area contributed by atoms with E-state index in [0.29, 0.717) is 17.9 Å². The molecule has 16 heteroatoms. The lowest BCUT2D eigenvalue weighted by molar-refractivity contribution is -0.0795. The second-order valence-electron chi connectivity index (χ2n) is 7.82. The number of rotatable bonds is 12. The van der Waals surface area contributed by atoms with Crippen LogP contribution < -0.4 is 5.32 Å². The number of aliphatic hydroxyl groups is 3. The number of fused-ring (bicyclic) bond motifs is 1. The molecular weight excluding hydrogens is 516 g/mol. The molecule has 0 aliphatic carbocycles. The van der Waals surface area contributed by atoms with Crippen molar-refractivity contribution in [1.29, 1.82) is 0 Å². The van der Waals surface area contributed by atoms with Gasteiger partial charge in [0.2, 0.25) is 0 Å². The number of anilines is 1. The largest absolute Gasteiger partial charge is 0.386 e. The Morgan fingerprint density at radius 2 is 1.81 bits per heavy atom. The summed E-state index contributed by atoms with van der Waals surface area (Å²) < 4.78 is 28.7. The van der Waals surface area contributed by atoms with Crippen LogP contribution in [0, 0.1) is 0 Å². The Balaban J connectivity index is 1.72. The summed E-state index contributed by atoms with van der Waals surface area (Å²) in [5.41, 5.74) is 1.36. The fourth-order valence-corrected chi connectivity index (χ4v) is 5.83. The Kier molecular flexibility index (Phi) is 9.12. The van der Waals surface area contributed by atoms with Crippen molar-refractivity contribution < 1.29 is 43.7 Å². The highest BCUT2D eigenvalue weighted by Gasteiger charge is 2.34. The maximum absolute atomic E-state index is 11.9. The van der Waals surface area contributed by atoms with Gasteiger partial charge in [0.15, 0.2) is 29.1 Å². The molecule has 0 radical (unpaired) electrons. The van der Waals surface area contributed by atoms with Crippen molar-refractivity contribution in [2.75, 3.05) is 17.8 Å². The van der Waals surface area contributed by atoms with Crippen LogP contribution in [0.1, 0.15) is 18.7 Å². The topological polar surface area (TPSA) is 220 Å². The first-order valence-electron chi connectivity index (χ1n) is 10.6. The predicted octanol–water partition coefficient (Wildman–Crippen LogP) is 0.935. The molecule has 4 atom stereocenters. The fraction of sp³-hybridized carbons (Fsp3) is 0.350. The third kappa shape index (κ3) is 7.26. The monoisotopic (exact) mass is 543 g/mol. The summed E-state index contributed by atoms with van der Waals surface area (Å²) in [5, 5.41) is 35.0. The van der Waals surface area contributed by atoms with Crippen LogP contribution in [0.15, 0.2) is 54.6 Å². The number of aromatic nitrogens is 4. The van der Waals surface area contributed by atoms with Crippen molar-refractivity contribution in [1.82, 2.24) is 19.5 Å². The average molecular weight is 543 g/mol. The van der Waals surface area contributed by atoms with Crippen LogP contribution in [0.4, 0.5) is 5.82 Å². The molecule has 196 valence electrons. The van der Waals surface area contributed by atoms with Gasteiger partial charge in [-0.25, -0.2) is 15.0 Å². The highest BCUT2D eigenvalue weighted by atomic mass is 31.2. The van der Waals surface area contributed by atoms with Crippen molar-refractivity contribution >= 4 is 32.2 Å². The van der Waals surface area contributed by atoms with E-state index in [1.807, 2.05) is 30.3 Å². The van der Waals surface area contributed by atoms with Crippen LogP contribution in [-0.2, 0) is 20.2 Å². The van der Waals surface area contributed by atoms with Gasteiger partial charge in [-0.2, -0.15) is 0 Å². The van der Waals surface area contributed by atoms with Gasteiger partial charge in [-0.3, -0.25) is 13.7 Å². The number of nitrogens with one attached hydrogen (secondary N) is 1. The molecule has 1 unspecified atom stereocenters. The van der Waals surface area contributed by atoms with E-state index >= 15 is 0 Å². The average Bonchev–Trinajstić information content (AvgIpc) is 3.26. The second kappa shape index (κ2) is 11.7. The van der Waals surface area contributed by atoms with Crippen LogP contribution >= 0.6 is 15.2 Å². The molecule has 0 fully saturated rings. The van der Waals surface area contributed by atoms with E-state index < -0.39 is 46.1 Å². The highest BCUT2D eigenvalue weighted by Crippen LogP contribution is 2.55. The summed E-state index contributed by atoms with van der Waals surface area (Å²) in [5.74, 6) is -1.02. The molecule has 1 aromatic carbocycles. The minimum Gasteiger partial charge on any atom is -0.386 e. The van der Waals surface area contributed by atoms with Crippen molar-refractivity contribution in [3.8, 4) is 0 Å². The molecule has 36 heavy (non-hydrogen) atoms. The Bertz CT molecular complexity index is 1300. The standard InChI is InChI=1S/C20H27N5O9P2/c1-2-14(9-34-36(32,33)12-35(29,30)31)16(26)17(27)20(28)25-11-24-15-18(22-10-23-19(15)25)21-8-13-6-4-3-5-7-13/h2-7,10-11,16-17,20,26-28H,8-9,12H2,1H3,(H,32,33)(H,21,22,23)(H2,29,30,31)/b14-2-/t16-,17-,20-/m1/s1. The summed E-state index contributed by atoms with van der Waals surface area (Å²) in [6.07, 6.45) is -1.64. The lowest BCUT2D eigenvalue weighted by Crippen LogP contribution is -2.37. The van der Waals surface area contributed by atoms with Crippen LogP contribution in [-0.4, -0.2) is 74.2 Å².